The van der Waals surface area contributed by atoms with Crippen LogP contribution in [0.25, 0.3) is 0 Å². The minimum Gasteiger partial charge on any atom is -0.352 e. The summed E-state index contributed by atoms with van der Waals surface area (Å²) in [6, 6.07) is 0.720. The first-order valence-electron chi connectivity index (χ1n) is 6.17. The highest BCUT2D eigenvalue weighted by molar-refractivity contribution is 5.38. The Morgan fingerprint density at radius 2 is 2.25 bits per heavy atom. The molecule has 1 atom stereocenters. The Bertz CT molecular complexity index is 330. The highest BCUT2D eigenvalue weighted by Gasteiger charge is 2.32. The van der Waals surface area contributed by atoms with Crippen LogP contribution in [0.4, 0.5) is 5.82 Å². The normalized spacial score (nSPS) is 24.6. The van der Waals surface area contributed by atoms with Crippen LogP contribution < -0.4 is 10.2 Å². The average Bonchev–Trinajstić information content (AvgIpc) is 3.05. The Morgan fingerprint density at radius 3 is 2.88 bits per heavy atom. The molecule has 0 radical (unpaired) electrons. The Balaban J connectivity index is 1.71. The Morgan fingerprint density at radius 1 is 1.31 bits per heavy atom. The van der Waals surface area contributed by atoms with Crippen LogP contribution in [0.5, 0.6) is 0 Å². The molecule has 0 aromatic carbocycles. The van der Waals surface area contributed by atoms with Gasteiger partial charge in [0.05, 0.1) is 6.20 Å². The van der Waals surface area contributed by atoms with Crippen LogP contribution in [0.1, 0.15) is 19.3 Å². The minimum absolute atomic E-state index is 0.720. The summed E-state index contributed by atoms with van der Waals surface area (Å²) >= 11 is 0. The van der Waals surface area contributed by atoms with Crippen molar-refractivity contribution in [2.75, 3.05) is 24.5 Å². The maximum absolute atomic E-state index is 4.43. The van der Waals surface area contributed by atoms with Gasteiger partial charge in [-0.3, -0.25) is 4.98 Å². The van der Waals surface area contributed by atoms with Crippen LogP contribution in [0.2, 0.25) is 0 Å². The van der Waals surface area contributed by atoms with Crippen molar-refractivity contribution in [3.05, 3.63) is 18.6 Å². The fraction of sp³-hybridized carbons (Fsp3) is 0.667. The van der Waals surface area contributed by atoms with Crippen LogP contribution in [0.3, 0.4) is 0 Å². The molecule has 1 aliphatic heterocycles. The Kier molecular flexibility index (Phi) is 2.74. The second-order valence-corrected chi connectivity index (χ2v) is 4.81. The molecule has 0 spiro atoms. The fourth-order valence-electron chi connectivity index (χ4n) is 2.40. The number of nitrogens with one attached hydrogen (secondary N) is 1. The topological polar surface area (TPSA) is 41.1 Å². The third-order valence-corrected chi connectivity index (χ3v) is 3.45. The molecule has 1 aliphatic carbocycles. The summed E-state index contributed by atoms with van der Waals surface area (Å²) in [5.74, 6) is 1.83. The van der Waals surface area contributed by atoms with E-state index in [2.05, 4.69) is 20.2 Å². The predicted octanol–water partition coefficient (Wildman–Crippen LogP) is 1.05. The predicted molar refractivity (Wildman–Crippen MR) is 63.4 cm³/mol. The first-order valence-corrected chi connectivity index (χ1v) is 6.17. The largest absolute Gasteiger partial charge is 0.352 e. The van der Waals surface area contributed by atoms with Gasteiger partial charge in [0.15, 0.2) is 0 Å². The van der Waals surface area contributed by atoms with Crippen LogP contribution in [0, 0.1) is 5.92 Å². The highest BCUT2D eigenvalue weighted by Crippen LogP contribution is 2.31. The summed E-state index contributed by atoms with van der Waals surface area (Å²) in [6.07, 6.45) is 9.35. The standard InChI is InChI=1S/C12H18N4/c1-2-11(1)16(9-10-3-4-13-7-10)12-8-14-5-6-15-12/h5-6,8,10-11,13H,1-4,7,9H2. The van der Waals surface area contributed by atoms with Crippen molar-refractivity contribution in [3.63, 3.8) is 0 Å². The molecule has 4 nitrogen and oxygen atoms in total. The van der Waals surface area contributed by atoms with Crippen LogP contribution in [-0.2, 0) is 0 Å². The quantitative estimate of drug-likeness (QED) is 0.820. The number of rotatable bonds is 4. The lowest BCUT2D eigenvalue weighted by atomic mass is 10.1. The van der Waals surface area contributed by atoms with Gasteiger partial charge < -0.3 is 10.2 Å². The molecule has 0 amide bonds. The zero-order chi connectivity index (χ0) is 10.8. The van der Waals surface area contributed by atoms with E-state index in [0.29, 0.717) is 0 Å². The van der Waals surface area contributed by atoms with Crippen molar-refractivity contribution >= 4 is 5.82 Å². The zero-order valence-electron chi connectivity index (χ0n) is 9.47. The monoisotopic (exact) mass is 218 g/mol. The minimum atomic E-state index is 0.720. The van der Waals surface area contributed by atoms with Gasteiger partial charge in [0.1, 0.15) is 5.82 Å². The zero-order valence-corrected chi connectivity index (χ0v) is 9.47. The maximum atomic E-state index is 4.43. The first-order chi connectivity index (χ1) is 7.93. The number of nitrogens with zero attached hydrogens (tertiary/aromatic N) is 3. The van der Waals surface area contributed by atoms with Crippen molar-refractivity contribution < 1.29 is 0 Å². The fourth-order valence-corrected chi connectivity index (χ4v) is 2.40. The molecule has 1 saturated carbocycles. The van der Waals surface area contributed by atoms with E-state index in [0.717, 1.165) is 30.9 Å². The summed E-state index contributed by atoms with van der Waals surface area (Å²) in [7, 11) is 0. The van der Waals surface area contributed by atoms with Crippen LogP contribution in [0.15, 0.2) is 18.6 Å². The Labute approximate surface area is 96.1 Å². The van der Waals surface area contributed by atoms with E-state index >= 15 is 0 Å². The summed E-state index contributed by atoms with van der Waals surface area (Å²) in [5.41, 5.74) is 0. The van der Waals surface area contributed by atoms with Gasteiger partial charge in [-0.15, -0.1) is 0 Å². The van der Waals surface area contributed by atoms with Crippen molar-refractivity contribution in [1.82, 2.24) is 15.3 Å². The lowest BCUT2D eigenvalue weighted by Gasteiger charge is -2.25. The smallest absolute Gasteiger partial charge is 0.147 e. The summed E-state index contributed by atoms with van der Waals surface area (Å²) in [6.45, 7) is 3.46. The van der Waals surface area contributed by atoms with E-state index in [1.165, 1.54) is 25.8 Å². The van der Waals surface area contributed by atoms with Crippen LogP contribution >= 0.6 is 0 Å². The van der Waals surface area contributed by atoms with E-state index in [-0.39, 0.29) is 0 Å². The molecule has 0 bridgehead atoms. The summed E-state index contributed by atoms with van der Waals surface area (Å²) in [5, 5.41) is 3.43. The highest BCUT2D eigenvalue weighted by atomic mass is 15.2. The molecule has 1 N–H and O–H groups in total. The van der Waals surface area contributed by atoms with Crippen molar-refractivity contribution in [2.45, 2.75) is 25.3 Å². The number of anilines is 1. The molecule has 2 fully saturated rings. The Hall–Kier alpha value is -1.16. The van der Waals surface area contributed by atoms with Gasteiger partial charge in [-0.2, -0.15) is 0 Å². The summed E-state index contributed by atoms with van der Waals surface area (Å²) < 4.78 is 0. The van der Waals surface area contributed by atoms with E-state index in [1.54, 1.807) is 12.4 Å². The third-order valence-electron chi connectivity index (χ3n) is 3.45. The van der Waals surface area contributed by atoms with Gasteiger partial charge in [-0.1, -0.05) is 0 Å². The van der Waals surface area contributed by atoms with Gasteiger partial charge in [-0.25, -0.2) is 4.98 Å². The molecule has 1 aromatic heterocycles. The van der Waals surface area contributed by atoms with Gasteiger partial charge in [0, 0.05) is 25.0 Å². The van der Waals surface area contributed by atoms with Gasteiger partial charge in [-0.05, 0) is 38.3 Å². The SMILES string of the molecule is c1cnc(N(CC2CCNC2)C2CC2)cn1. The van der Waals surface area contributed by atoms with Gasteiger partial charge in [0.2, 0.25) is 0 Å². The van der Waals surface area contributed by atoms with Crippen molar-refractivity contribution in [3.8, 4) is 0 Å². The molecule has 86 valence electrons. The van der Waals surface area contributed by atoms with Crippen LogP contribution in [-0.4, -0.2) is 35.6 Å². The molecular weight excluding hydrogens is 200 g/mol. The molecule has 2 heterocycles. The first kappa shape index (κ1) is 10.0. The molecule has 1 saturated heterocycles. The molecule has 4 heteroatoms. The molecule has 3 rings (SSSR count). The van der Waals surface area contributed by atoms with Crippen molar-refractivity contribution in [2.24, 2.45) is 5.92 Å². The molecular formula is C12H18N4. The second-order valence-electron chi connectivity index (χ2n) is 4.81. The second kappa shape index (κ2) is 4.37. The van der Waals surface area contributed by atoms with E-state index < -0.39 is 0 Å². The molecule has 16 heavy (non-hydrogen) atoms. The van der Waals surface area contributed by atoms with E-state index in [1.807, 2.05) is 6.20 Å². The number of aromatic nitrogens is 2. The van der Waals surface area contributed by atoms with Gasteiger partial charge >= 0.3 is 0 Å². The molecule has 2 aliphatic rings. The van der Waals surface area contributed by atoms with E-state index in [4.69, 9.17) is 0 Å². The molecule has 1 aromatic rings. The average molecular weight is 218 g/mol. The third kappa shape index (κ3) is 2.16. The lowest BCUT2D eigenvalue weighted by molar-refractivity contribution is 0.553. The van der Waals surface area contributed by atoms with Gasteiger partial charge in [0.25, 0.3) is 0 Å². The van der Waals surface area contributed by atoms with E-state index in [9.17, 15) is 0 Å². The number of hydrogen-bond acceptors (Lipinski definition) is 4. The number of hydrogen-bond donors (Lipinski definition) is 1. The maximum Gasteiger partial charge on any atom is 0.147 e. The summed E-state index contributed by atoms with van der Waals surface area (Å²) in [4.78, 5) is 11.0. The molecule has 1 unspecified atom stereocenters. The van der Waals surface area contributed by atoms with Crippen molar-refractivity contribution in [1.29, 1.82) is 0 Å². The lowest BCUT2D eigenvalue weighted by Crippen LogP contribution is -2.33.